The maximum Gasteiger partial charge on any atom is 0.248 e. The van der Waals surface area contributed by atoms with E-state index in [9.17, 15) is 4.79 Å². The highest BCUT2D eigenvalue weighted by atomic mass is 32.2. The van der Waals surface area contributed by atoms with Crippen LogP contribution in [0.4, 0.5) is 5.82 Å². The predicted octanol–water partition coefficient (Wildman–Crippen LogP) is 1.73. The summed E-state index contributed by atoms with van der Waals surface area (Å²) in [6.45, 7) is 7.24. The lowest BCUT2D eigenvalue weighted by Crippen LogP contribution is -2.31. The van der Waals surface area contributed by atoms with Crippen LogP contribution in [0.1, 0.15) is 20.1 Å². The minimum absolute atomic E-state index is 0.101. The van der Waals surface area contributed by atoms with E-state index >= 15 is 0 Å². The summed E-state index contributed by atoms with van der Waals surface area (Å²) in [5.41, 5.74) is 1.02. The Labute approximate surface area is 160 Å². The van der Waals surface area contributed by atoms with E-state index in [4.69, 9.17) is 14.2 Å². The van der Waals surface area contributed by atoms with Crippen molar-refractivity contribution in [1.82, 2.24) is 19.5 Å². The Morgan fingerprint density at radius 3 is 2.89 bits per heavy atom. The van der Waals surface area contributed by atoms with Crippen molar-refractivity contribution in [1.29, 1.82) is 0 Å². The quantitative estimate of drug-likeness (QED) is 0.769. The van der Waals surface area contributed by atoms with E-state index in [-0.39, 0.29) is 24.2 Å². The Hall–Kier alpha value is -2.01. The summed E-state index contributed by atoms with van der Waals surface area (Å²) in [6.07, 6.45) is 5.22. The first-order valence-electron chi connectivity index (χ1n) is 8.54. The van der Waals surface area contributed by atoms with Crippen LogP contribution in [0.2, 0.25) is 0 Å². The van der Waals surface area contributed by atoms with Crippen LogP contribution in [0.15, 0.2) is 25.3 Å². The first-order chi connectivity index (χ1) is 12.9. The van der Waals surface area contributed by atoms with Crippen molar-refractivity contribution in [3.8, 4) is 0 Å². The Kier molecular flexibility index (Phi) is 4.66. The van der Waals surface area contributed by atoms with Crippen molar-refractivity contribution < 1.29 is 19.0 Å². The van der Waals surface area contributed by atoms with Crippen molar-refractivity contribution in [2.24, 2.45) is 0 Å². The van der Waals surface area contributed by atoms with Crippen LogP contribution in [-0.2, 0) is 19.0 Å². The summed E-state index contributed by atoms with van der Waals surface area (Å²) in [4.78, 5) is 24.4. The van der Waals surface area contributed by atoms with Gasteiger partial charge in [0.2, 0.25) is 5.91 Å². The van der Waals surface area contributed by atoms with Gasteiger partial charge in [0.1, 0.15) is 18.5 Å². The van der Waals surface area contributed by atoms with E-state index in [1.807, 2.05) is 24.7 Å². The summed E-state index contributed by atoms with van der Waals surface area (Å²) in [7, 11) is 0. The second kappa shape index (κ2) is 6.86. The molecular formula is C17H21N5O4S. The monoisotopic (exact) mass is 391 g/mol. The molecule has 0 aromatic carbocycles. The van der Waals surface area contributed by atoms with Crippen molar-refractivity contribution >= 4 is 34.7 Å². The van der Waals surface area contributed by atoms with Gasteiger partial charge in [0.15, 0.2) is 29.0 Å². The molecule has 2 fully saturated rings. The lowest BCUT2D eigenvalue weighted by molar-refractivity contribution is -0.193. The number of imidazole rings is 1. The van der Waals surface area contributed by atoms with Gasteiger partial charge >= 0.3 is 0 Å². The number of amides is 1. The molecule has 2 aromatic rings. The number of carbonyl (C=O) groups excluding carboxylic acids is 1. The molecule has 4 atom stereocenters. The molecular weight excluding hydrogens is 370 g/mol. The second-order valence-electron chi connectivity index (χ2n) is 6.82. The number of anilines is 1. The fourth-order valence-electron chi connectivity index (χ4n) is 3.48. The maximum absolute atomic E-state index is 11.6. The Morgan fingerprint density at radius 1 is 1.37 bits per heavy atom. The minimum Gasteiger partial charge on any atom is -0.348 e. The molecule has 2 aliphatic heterocycles. The summed E-state index contributed by atoms with van der Waals surface area (Å²) in [6, 6.07) is 0. The Balaban J connectivity index is 1.70. The van der Waals surface area contributed by atoms with Crippen LogP contribution in [0.5, 0.6) is 0 Å². The molecule has 0 aliphatic carbocycles. The van der Waals surface area contributed by atoms with Gasteiger partial charge < -0.3 is 19.5 Å². The van der Waals surface area contributed by atoms with E-state index in [1.165, 1.54) is 12.4 Å². The molecule has 1 N–H and O–H groups in total. The lowest BCUT2D eigenvalue weighted by Gasteiger charge is -2.24. The van der Waals surface area contributed by atoms with Crippen LogP contribution < -0.4 is 5.32 Å². The largest absolute Gasteiger partial charge is 0.348 e. The van der Waals surface area contributed by atoms with Crippen molar-refractivity contribution in [3.05, 3.63) is 25.3 Å². The molecule has 2 aliphatic rings. The molecule has 2 aromatic heterocycles. The topological polar surface area (TPSA) is 100 Å². The zero-order valence-electron chi connectivity index (χ0n) is 15.3. The standard InChI is InChI=1S/C17H21N5O4S/c1-5-10(23)21-14-11-15(19-7-18-14)22(8-20-11)16-13-12(9(24-16)6-27-4)25-17(2,3)26-13/h5,7-9,12-13,16H,1,6H2,2-4H3,(H,18,19,21,23)/t9-,12-,13-,16-/m1/s1. The first-order valence-corrected chi connectivity index (χ1v) is 9.94. The van der Waals surface area contributed by atoms with Crippen molar-refractivity contribution in [2.45, 2.75) is 44.2 Å². The molecule has 4 heterocycles. The van der Waals surface area contributed by atoms with Gasteiger partial charge in [-0.05, 0) is 26.2 Å². The first kappa shape index (κ1) is 18.4. The Morgan fingerprint density at radius 2 is 2.15 bits per heavy atom. The fourth-order valence-corrected chi connectivity index (χ4v) is 4.08. The molecule has 0 saturated carbocycles. The van der Waals surface area contributed by atoms with Gasteiger partial charge in [0.25, 0.3) is 0 Å². The number of nitrogens with one attached hydrogen (secondary N) is 1. The summed E-state index contributed by atoms with van der Waals surface area (Å²) < 4.78 is 20.2. The molecule has 0 radical (unpaired) electrons. The molecule has 4 rings (SSSR count). The maximum atomic E-state index is 11.6. The van der Waals surface area contributed by atoms with Crippen LogP contribution in [0.3, 0.4) is 0 Å². The third kappa shape index (κ3) is 3.22. The van der Waals surface area contributed by atoms with Crippen LogP contribution in [0.25, 0.3) is 11.2 Å². The lowest BCUT2D eigenvalue weighted by atomic mass is 10.1. The van der Waals surface area contributed by atoms with E-state index in [2.05, 4.69) is 26.8 Å². The van der Waals surface area contributed by atoms with Gasteiger partial charge in [-0.25, -0.2) is 15.0 Å². The number of aromatic nitrogens is 4. The van der Waals surface area contributed by atoms with Gasteiger partial charge in [0, 0.05) is 5.75 Å². The normalized spacial score (nSPS) is 29.0. The number of hydrogen-bond donors (Lipinski definition) is 1. The summed E-state index contributed by atoms with van der Waals surface area (Å²) >= 11 is 1.69. The van der Waals surface area contributed by atoms with E-state index in [0.717, 1.165) is 5.75 Å². The smallest absolute Gasteiger partial charge is 0.248 e. The number of carbonyl (C=O) groups is 1. The average Bonchev–Trinajstić information content (AvgIpc) is 3.27. The van der Waals surface area contributed by atoms with Gasteiger partial charge in [-0.3, -0.25) is 9.36 Å². The summed E-state index contributed by atoms with van der Waals surface area (Å²) in [5.74, 6) is 0.0702. The van der Waals surface area contributed by atoms with Gasteiger partial charge in [-0.1, -0.05) is 6.58 Å². The molecule has 1 amide bonds. The van der Waals surface area contributed by atoms with E-state index in [0.29, 0.717) is 17.0 Å². The van der Waals surface area contributed by atoms with E-state index in [1.54, 1.807) is 18.1 Å². The third-order valence-corrected chi connectivity index (χ3v) is 5.18. The second-order valence-corrected chi connectivity index (χ2v) is 7.74. The predicted molar refractivity (Wildman–Crippen MR) is 100 cm³/mol. The molecule has 0 spiro atoms. The highest BCUT2D eigenvalue weighted by Gasteiger charge is 2.55. The zero-order chi connectivity index (χ0) is 19.2. The van der Waals surface area contributed by atoms with Crippen LogP contribution in [-0.4, -0.2) is 61.5 Å². The number of hydrogen-bond acceptors (Lipinski definition) is 8. The molecule has 2 saturated heterocycles. The summed E-state index contributed by atoms with van der Waals surface area (Å²) in [5, 5.41) is 2.64. The SMILES string of the molecule is C=CC(=O)Nc1ncnc2c1ncn2[C@@H]1O[C@H](CSC)[C@H]2OC(C)(C)O[C@H]21. The third-order valence-electron chi connectivity index (χ3n) is 4.52. The average molecular weight is 391 g/mol. The number of fused-ring (bicyclic) bond motifs is 2. The minimum atomic E-state index is -0.678. The van der Waals surface area contributed by atoms with Crippen LogP contribution in [0, 0.1) is 0 Å². The number of rotatable bonds is 5. The zero-order valence-corrected chi connectivity index (χ0v) is 16.1. The molecule has 0 bridgehead atoms. The molecule has 0 unspecified atom stereocenters. The van der Waals surface area contributed by atoms with Gasteiger partial charge in [-0.2, -0.15) is 11.8 Å². The van der Waals surface area contributed by atoms with Crippen molar-refractivity contribution in [2.75, 3.05) is 17.3 Å². The van der Waals surface area contributed by atoms with E-state index < -0.39 is 12.0 Å². The highest BCUT2D eigenvalue weighted by molar-refractivity contribution is 7.98. The molecule has 27 heavy (non-hydrogen) atoms. The number of ether oxygens (including phenoxy) is 3. The molecule has 9 nitrogen and oxygen atoms in total. The number of nitrogens with zero attached hydrogens (tertiary/aromatic N) is 4. The Bertz CT molecular complexity index is 885. The van der Waals surface area contributed by atoms with Crippen LogP contribution >= 0.6 is 11.8 Å². The molecule has 10 heteroatoms. The highest BCUT2D eigenvalue weighted by Crippen LogP contribution is 2.44. The number of thioether (sulfide) groups is 1. The van der Waals surface area contributed by atoms with Crippen molar-refractivity contribution in [3.63, 3.8) is 0 Å². The molecule has 144 valence electrons. The van der Waals surface area contributed by atoms with Gasteiger partial charge in [0.05, 0.1) is 12.4 Å². The fraction of sp³-hybridized carbons (Fsp3) is 0.529. The van der Waals surface area contributed by atoms with Gasteiger partial charge in [-0.15, -0.1) is 0 Å².